The van der Waals surface area contributed by atoms with Crippen LogP contribution in [-0.2, 0) is 16.2 Å². The molecule has 2 aromatic heterocycles. The van der Waals surface area contributed by atoms with Crippen molar-refractivity contribution >= 4 is 22.3 Å². The molecule has 3 aromatic rings. The summed E-state index contributed by atoms with van der Waals surface area (Å²) in [5.74, 6) is -0.602. The Morgan fingerprint density at radius 3 is 2.44 bits per heavy atom. The van der Waals surface area contributed by atoms with Crippen LogP contribution in [0.5, 0.6) is 0 Å². The molecule has 1 saturated heterocycles. The molecule has 1 aromatic carbocycles. The van der Waals surface area contributed by atoms with Gasteiger partial charge in [-0.05, 0) is 38.0 Å². The van der Waals surface area contributed by atoms with E-state index in [1.807, 2.05) is 0 Å². The van der Waals surface area contributed by atoms with E-state index in [9.17, 15) is 30.8 Å². The zero-order valence-electron chi connectivity index (χ0n) is 19.3. The SMILES string of the molecule is Cc1nc(-c2nc(NC3CCN(S(C)(=O)=O)CC3)ncc2C(F)(F)F)cn1-c1ccc(C=O)cc1F. The predicted octanol–water partition coefficient (Wildman–Crippen LogP) is 3.44. The monoisotopic (exact) mass is 526 g/mol. The lowest BCUT2D eigenvalue weighted by Crippen LogP contribution is -2.42. The Kier molecular flexibility index (Phi) is 6.84. The van der Waals surface area contributed by atoms with Gasteiger partial charge in [0.2, 0.25) is 16.0 Å². The first-order chi connectivity index (χ1) is 16.9. The van der Waals surface area contributed by atoms with Crippen LogP contribution < -0.4 is 5.32 Å². The number of halogens is 4. The van der Waals surface area contributed by atoms with Gasteiger partial charge >= 0.3 is 6.18 Å². The molecule has 14 heteroatoms. The highest BCUT2D eigenvalue weighted by Gasteiger charge is 2.36. The summed E-state index contributed by atoms with van der Waals surface area (Å²) < 4.78 is 81.8. The Morgan fingerprint density at radius 2 is 1.86 bits per heavy atom. The van der Waals surface area contributed by atoms with Crippen LogP contribution in [0.2, 0.25) is 0 Å². The number of alkyl halides is 3. The van der Waals surface area contributed by atoms with E-state index in [0.29, 0.717) is 25.3 Å². The number of imidazole rings is 1. The average molecular weight is 527 g/mol. The van der Waals surface area contributed by atoms with Crippen molar-refractivity contribution in [1.82, 2.24) is 23.8 Å². The second-order valence-electron chi connectivity index (χ2n) is 8.41. The maximum atomic E-state index is 14.5. The number of sulfonamides is 1. The first-order valence-electron chi connectivity index (χ1n) is 10.8. The lowest BCUT2D eigenvalue weighted by Gasteiger charge is -2.30. The minimum Gasteiger partial charge on any atom is -0.351 e. The van der Waals surface area contributed by atoms with Gasteiger partial charge in [0.05, 0.1) is 11.9 Å². The highest BCUT2D eigenvalue weighted by molar-refractivity contribution is 7.88. The van der Waals surface area contributed by atoms with E-state index in [2.05, 4.69) is 20.3 Å². The number of hydrogen-bond donors (Lipinski definition) is 1. The second kappa shape index (κ2) is 9.58. The van der Waals surface area contributed by atoms with Crippen molar-refractivity contribution in [2.45, 2.75) is 32.0 Å². The third kappa shape index (κ3) is 5.38. The van der Waals surface area contributed by atoms with Gasteiger partial charge in [0.15, 0.2) is 0 Å². The van der Waals surface area contributed by atoms with Gasteiger partial charge in [-0.15, -0.1) is 0 Å². The van der Waals surface area contributed by atoms with Crippen LogP contribution in [0.15, 0.2) is 30.6 Å². The number of aryl methyl sites for hydroxylation is 1. The summed E-state index contributed by atoms with van der Waals surface area (Å²) in [6.45, 7) is 2.03. The van der Waals surface area contributed by atoms with Crippen LogP contribution in [0.25, 0.3) is 17.1 Å². The summed E-state index contributed by atoms with van der Waals surface area (Å²) in [6, 6.07) is 3.49. The first-order valence-corrected chi connectivity index (χ1v) is 12.7. The molecular formula is C22H22F4N6O3S. The Balaban J connectivity index is 1.67. The normalized spacial score (nSPS) is 15.7. The molecule has 0 unspecified atom stereocenters. The van der Waals surface area contributed by atoms with E-state index in [0.717, 1.165) is 12.3 Å². The fourth-order valence-electron chi connectivity index (χ4n) is 3.99. The second-order valence-corrected chi connectivity index (χ2v) is 10.4. The van der Waals surface area contributed by atoms with E-state index in [-0.39, 0.29) is 47.8 Å². The number of nitrogens with one attached hydrogen (secondary N) is 1. The van der Waals surface area contributed by atoms with E-state index in [1.54, 1.807) is 0 Å². The zero-order chi connectivity index (χ0) is 26.3. The molecule has 4 rings (SSSR count). The van der Waals surface area contributed by atoms with Gasteiger partial charge < -0.3 is 9.88 Å². The number of anilines is 1. The number of piperidine rings is 1. The van der Waals surface area contributed by atoms with Crippen molar-refractivity contribution in [2.75, 3.05) is 24.7 Å². The quantitative estimate of drug-likeness (QED) is 0.387. The van der Waals surface area contributed by atoms with E-state index < -0.39 is 33.3 Å². The lowest BCUT2D eigenvalue weighted by atomic mass is 10.1. The number of nitrogens with zero attached hydrogens (tertiary/aromatic N) is 5. The van der Waals surface area contributed by atoms with Crippen molar-refractivity contribution in [3.05, 3.63) is 53.4 Å². The molecule has 0 amide bonds. The molecule has 0 aliphatic carbocycles. The molecule has 0 saturated carbocycles. The Morgan fingerprint density at radius 1 is 1.17 bits per heavy atom. The molecule has 0 atom stereocenters. The van der Waals surface area contributed by atoms with Gasteiger partial charge in [0, 0.05) is 37.1 Å². The van der Waals surface area contributed by atoms with E-state index in [1.165, 1.54) is 34.1 Å². The van der Waals surface area contributed by atoms with Crippen LogP contribution >= 0.6 is 0 Å². The standard InChI is InChI=1S/C22H22F4N6O3S/c1-13-28-18(11-32(13)19-4-3-14(12-33)9-17(19)23)20-16(22(24,25)26)10-27-21(30-20)29-15-5-7-31(8-6-15)36(2,34)35/h3-4,9-12,15H,5-8H2,1-2H3,(H,27,29,30). The molecule has 3 heterocycles. The number of aldehydes is 1. The molecule has 1 aliphatic rings. The molecule has 1 fully saturated rings. The highest BCUT2D eigenvalue weighted by Crippen LogP contribution is 2.36. The fraction of sp³-hybridized carbons (Fsp3) is 0.364. The summed E-state index contributed by atoms with van der Waals surface area (Å²) >= 11 is 0. The molecule has 1 N–H and O–H groups in total. The van der Waals surface area contributed by atoms with Crippen molar-refractivity contribution < 1.29 is 30.8 Å². The largest absolute Gasteiger partial charge is 0.420 e. The lowest BCUT2D eigenvalue weighted by molar-refractivity contribution is -0.137. The summed E-state index contributed by atoms with van der Waals surface area (Å²) in [5, 5.41) is 2.98. The van der Waals surface area contributed by atoms with Crippen LogP contribution in [0.1, 0.15) is 34.6 Å². The third-order valence-electron chi connectivity index (χ3n) is 5.84. The van der Waals surface area contributed by atoms with Crippen molar-refractivity contribution in [3.8, 4) is 17.1 Å². The highest BCUT2D eigenvalue weighted by atomic mass is 32.2. The molecule has 192 valence electrons. The van der Waals surface area contributed by atoms with E-state index in [4.69, 9.17) is 0 Å². The fourth-order valence-corrected chi connectivity index (χ4v) is 4.87. The van der Waals surface area contributed by atoms with Crippen molar-refractivity contribution in [2.24, 2.45) is 0 Å². The summed E-state index contributed by atoms with van der Waals surface area (Å²) in [7, 11) is -3.32. The van der Waals surface area contributed by atoms with Crippen LogP contribution in [0, 0.1) is 12.7 Å². The number of hydrogen-bond acceptors (Lipinski definition) is 7. The summed E-state index contributed by atoms with van der Waals surface area (Å²) in [4.78, 5) is 23.0. The van der Waals surface area contributed by atoms with Crippen LogP contribution in [-0.4, -0.2) is 63.9 Å². The molecule has 0 bridgehead atoms. The van der Waals surface area contributed by atoms with Crippen LogP contribution in [0.3, 0.4) is 0 Å². The first kappa shape index (κ1) is 25.7. The van der Waals surface area contributed by atoms with Crippen LogP contribution in [0.4, 0.5) is 23.5 Å². The predicted molar refractivity (Wildman–Crippen MR) is 123 cm³/mol. The molecule has 1 aliphatic heterocycles. The van der Waals surface area contributed by atoms with Crippen molar-refractivity contribution in [1.29, 1.82) is 0 Å². The smallest absolute Gasteiger partial charge is 0.351 e. The molecule has 36 heavy (non-hydrogen) atoms. The summed E-state index contributed by atoms with van der Waals surface area (Å²) in [6.07, 6.45) is -0.425. The third-order valence-corrected chi connectivity index (χ3v) is 7.15. The minimum atomic E-state index is -4.77. The Labute approximate surface area is 204 Å². The number of rotatable bonds is 6. The van der Waals surface area contributed by atoms with E-state index >= 15 is 0 Å². The number of benzene rings is 1. The minimum absolute atomic E-state index is 0.00968. The molecule has 0 radical (unpaired) electrons. The van der Waals surface area contributed by atoms with Gasteiger partial charge in [-0.3, -0.25) is 4.79 Å². The van der Waals surface area contributed by atoms with Gasteiger partial charge in [-0.25, -0.2) is 32.1 Å². The molecular weight excluding hydrogens is 504 g/mol. The topological polar surface area (TPSA) is 110 Å². The average Bonchev–Trinajstić information content (AvgIpc) is 3.19. The Bertz CT molecular complexity index is 1400. The maximum Gasteiger partial charge on any atom is 0.420 e. The molecule has 9 nitrogen and oxygen atoms in total. The van der Waals surface area contributed by atoms with Gasteiger partial charge in [-0.2, -0.15) is 13.2 Å². The summed E-state index contributed by atoms with van der Waals surface area (Å²) in [5.41, 5.74) is -1.62. The van der Waals surface area contributed by atoms with Gasteiger partial charge in [0.25, 0.3) is 0 Å². The zero-order valence-corrected chi connectivity index (χ0v) is 20.1. The number of aromatic nitrogens is 4. The van der Waals surface area contributed by atoms with Crippen molar-refractivity contribution in [3.63, 3.8) is 0 Å². The number of carbonyl (C=O) groups is 1. The maximum absolute atomic E-state index is 14.5. The number of carbonyl (C=O) groups excluding carboxylic acids is 1. The van der Waals surface area contributed by atoms with Gasteiger partial charge in [-0.1, -0.05) is 0 Å². The van der Waals surface area contributed by atoms with Gasteiger partial charge in [0.1, 0.15) is 34.9 Å². The molecule has 0 spiro atoms. The Hall–Kier alpha value is -3.39.